The summed E-state index contributed by atoms with van der Waals surface area (Å²) in [5.74, 6) is -1.17. The fourth-order valence-electron chi connectivity index (χ4n) is 9.32. The Morgan fingerprint density at radius 1 is 0.623 bits per heavy atom. The van der Waals surface area contributed by atoms with Gasteiger partial charge in [0.1, 0.15) is 12.6 Å². The molecule has 5 aromatic rings. The zero-order chi connectivity index (χ0) is 42.7. The van der Waals surface area contributed by atoms with Crippen LogP contribution < -0.4 is 5.32 Å². The number of amides is 1. The Hall–Kier alpha value is -5.08. The third kappa shape index (κ3) is 10.7. The maximum absolute atomic E-state index is 14.7. The first-order chi connectivity index (χ1) is 29.6. The van der Waals surface area contributed by atoms with E-state index in [1.807, 2.05) is 72.0 Å². The van der Waals surface area contributed by atoms with Crippen molar-refractivity contribution in [3.05, 3.63) is 166 Å². The minimum atomic E-state index is -5.00. The molecular formula is C52H55ClF3NO4. The first-order valence-electron chi connectivity index (χ1n) is 22.0. The number of halogens is 4. The molecule has 2 aliphatic carbocycles. The van der Waals surface area contributed by atoms with Crippen LogP contribution in [-0.2, 0) is 19.9 Å². The molecule has 9 heteroatoms. The number of hydrogen-bond acceptors (Lipinski definition) is 4. The van der Waals surface area contributed by atoms with Gasteiger partial charge in [0, 0.05) is 27.6 Å². The molecule has 5 aromatic carbocycles. The van der Waals surface area contributed by atoms with Gasteiger partial charge in [-0.25, -0.2) is 4.79 Å². The smallest absolute Gasteiger partial charge is 0.409 e. The van der Waals surface area contributed by atoms with E-state index in [1.165, 1.54) is 63.4 Å². The SMILES string of the molecule is O=C(C[C@H](NC(=O)OCC1c2ccccc2-c2ccccc21)C(F)(F)F)OC(c1ccccc1)(c1ccc(C2CCCCCCCCCCCCC2)cc1)c1ccccc1Cl. The maximum Gasteiger partial charge on any atom is 0.409 e. The van der Waals surface area contributed by atoms with Gasteiger partial charge in [0.2, 0.25) is 0 Å². The molecule has 1 fully saturated rings. The second-order valence-corrected chi connectivity index (χ2v) is 17.0. The zero-order valence-corrected chi connectivity index (χ0v) is 35.4. The average Bonchev–Trinajstić information content (AvgIpc) is 3.59. The van der Waals surface area contributed by atoms with Gasteiger partial charge in [-0.3, -0.25) is 4.79 Å². The van der Waals surface area contributed by atoms with Crippen LogP contribution in [0.1, 0.15) is 135 Å². The molecule has 1 saturated carbocycles. The van der Waals surface area contributed by atoms with E-state index >= 15 is 0 Å². The van der Waals surface area contributed by atoms with Gasteiger partial charge in [-0.2, -0.15) is 13.2 Å². The number of fused-ring (bicyclic) bond motifs is 3. The fraction of sp³-hybridized carbons (Fsp3) is 0.385. The topological polar surface area (TPSA) is 64.6 Å². The molecule has 7 rings (SSSR count). The van der Waals surface area contributed by atoms with Crippen LogP contribution in [0.5, 0.6) is 0 Å². The summed E-state index contributed by atoms with van der Waals surface area (Å²) in [4.78, 5) is 27.3. The van der Waals surface area contributed by atoms with Gasteiger partial charge in [0.25, 0.3) is 0 Å². The predicted octanol–water partition coefficient (Wildman–Crippen LogP) is 14.2. The third-order valence-electron chi connectivity index (χ3n) is 12.5. The fourth-order valence-corrected chi connectivity index (χ4v) is 9.59. The van der Waals surface area contributed by atoms with Crippen molar-refractivity contribution in [2.45, 2.75) is 120 Å². The molecule has 1 N–H and O–H groups in total. The largest absolute Gasteiger partial charge is 0.449 e. The van der Waals surface area contributed by atoms with Crippen molar-refractivity contribution in [1.82, 2.24) is 5.32 Å². The Bertz CT molecular complexity index is 2150. The van der Waals surface area contributed by atoms with E-state index in [0.29, 0.717) is 22.6 Å². The quantitative estimate of drug-likeness (QED) is 0.112. The van der Waals surface area contributed by atoms with Crippen LogP contribution >= 0.6 is 11.6 Å². The molecule has 5 nitrogen and oxygen atoms in total. The second kappa shape index (κ2) is 20.7. The summed E-state index contributed by atoms with van der Waals surface area (Å²) in [7, 11) is 0. The van der Waals surface area contributed by atoms with E-state index in [-0.39, 0.29) is 17.5 Å². The number of nitrogens with one attached hydrogen (secondary N) is 1. The number of benzene rings is 5. The molecule has 0 radical (unpaired) electrons. The lowest BCUT2D eigenvalue weighted by molar-refractivity contribution is -0.173. The van der Waals surface area contributed by atoms with E-state index in [1.54, 1.807) is 48.5 Å². The molecule has 2 atom stereocenters. The maximum atomic E-state index is 14.7. The van der Waals surface area contributed by atoms with Gasteiger partial charge in [-0.1, -0.05) is 204 Å². The molecule has 0 bridgehead atoms. The van der Waals surface area contributed by atoms with Gasteiger partial charge in [0.15, 0.2) is 5.60 Å². The molecule has 1 amide bonds. The molecule has 0 saturated heterocycles. The third-order valence-corrected chi connectivity index (χ3v) is 12.8. The predicted molar refractivity (Wildman–Crippen MR) is 236 cm³/mol. The summed E-state index contributed by atoms with van der Waals surface area (Å²) < 4.78 is 56.1. The van der Waals surface area contributed by atoms with Crippen molar-refractivity contribution < 1.29 is 32.2 Å². The van der Waals surface area contributed by atoms with Crippen LogP contribution in [0.3, 0.4) is 0 Å². The lowest BCUT2D eigenvalue weighted by atomic mass is 9.78. The van der Waals surface area contributed by atoms with Crippen LogP contribution in [0.25, 0.3) is 11.1 Å². The average molecular weight is 850 g/mol. The Morgan fingerprint density at radius 2 is 1.11 bits per heavy atom. The highest BCUT2D eigenvalue weighted by molar-refractivity contribution is 6.31. The molecule has 61 heavy (non-hydrogen) atoms. The number of rotatable bonds is 10. The van der Waals surface area contributed by atoms with Crippen molar-refractivity contribution in [1.29, 1.82) is 0 Å². The molecule has 320 valence electrons. The van der Waals surface area contributed by atoms with Crippen molar-refractivity contribution in [3.63, 3.8) is 0 Å². The van der Waals surface area contributed by atoms with E-state index in [4.69, 9.17) is 21.1 Å². The van der Waals surface area contributed by atoms with E-state index in [2.05, 4.69) is 12.1 Å². The summed E-state index contributed by atoms with van der Waals surface area (Å²) in [6.07, 6.45) is 8.46. The number of ether oxygens (including phenoxy) is 2. The van der Waals surface area contributed by atoms with E-state index in [9.17, 15) is 22.8 Å². The number of carbonyl (C=O) groups excluding carboxylic acids is 2. The summed E-state index contributed by atoms with van der Waals surface area (Å²) in [5.41, 5.74) is 4.72. The highest BCUT2D eigenvalue weighted by atomic mass is 35.5. The normalized spacial score (nSPS) is 17.2. The van der Waals surface area contributed by atoms with Crippen LogP contribution in [0.2, 0.25) is 5.02 Å². The number of esters is 1. The molecule has 0 spiro atoms. The minimum Gasteiger partial charge on any atom is -0.449 e. The highest BCUT2D eigenvalue weighted by Gasteiger charge is 2.47. The standard InChI is InChI=1S/C52H55ClF3NO4/c53-47-30-20-19-29-46(47)51(39-23-13-10-14-24-39,40-33-31-38(32-34-40)37-21-11-8-6-4-2-1-3-5-7-9-12-22-37)61-49(58)35-48(52(54,55)56)57-50(59)60-36-45-43-27-17-15-25-41(43)42-26-16-18-28-44(42)45/h10,13-20,23-34,37,45,48H,1-9,11-12,21-22,35-36H2,(H,57,59)/t48-,51?/m0/s1. The first-order valence-corrected chi connectivity index (χ1v) is 22.3. The summed E-state index contributed by atoms with van der Waals surface area (Å²) >= 11 is 6.91. The van der Waals surface area contributed by atoms with E-state index in [0.717, 1.165) is 47.9 Å². The van der Waals surface area contributed by atoms with Crippen molar-refractivity contribution >= 4 is 23.7 Å². The highest BCUT2D eigenvalue weighted by Crippen LogP contribution is 2.46. The minimum absolute atomic E-state index is 0.185. The molecule has 0 aromatic heterocycles. The lowest BCUT2D eigenvalue weighted by Crippen LogP contribution is -2.48. The lowest BCUT2D eigenvalue weighted by Gasteiger charge is -2.36. The Labute approximate surface area is 363 Å². The van der Waals surface area contributed by atoms with Crippen molar-refractivity contribution in [3.8, 4) is 11.1 Å². The van der Waals surface area contributed by atoms with Gasteiger partial charge in [-0.15, -0.1) is 0 Å². The van der Waals surface area contributed by atoms with Crippen molar-refractivity contribution in [2.75, 3.05) is 6.61 Å². The van der Waals surface area contributed by atoms with Gasteiger partial charge in [-0.05, 0) is 52.6 Å². The Kier molecular flexibility index (Phi) is 14.9. The number of hydrogen-bond donors (Lipinski definition) is 1. The molecular weight excluding hydrogens is 795 g/mol. The molecule has 2 aliphatic rings. The molecule has 0 aliphatic heterocycles. The second-order valence-electron chi connectivity index (χ2n) is 16.6. The number of alkyl carbamates (subject to hydrolysis) is 1. The van der Waals surface area contributed by atoms with E-state index < -0.39 is 36.3 Å². The monoisotopic (exact) mass is 849 g/mol. The summed E-state index contributed by atoms with van der Waals surface area (Å²) in [6, 6.07) is 36.6. The summed E-state index contributed by atoms with van der Waals surface area (Å²) in [6.45, 7) is -0.185. The van der Waals surface area contributed by atoms with Gasteiger partial charge < -0.3 is 14.8 Å². The van der Waals surface area contributed by atoms with Crippen LogP contribution in [-0.4, -0.2) is 30.9 Å². The molecule has 0 heterocycles. The number of alkyl halides is 3. The van der Waals surface area contributed by atoms with Gasteiger partial charge >= 0.3 is 18.2 Å². The zero-order valence-electron chi connectivity index (χ0n) is 34.6. The first kappa shape index (κ1) is 44.0. The number of carbonyl (C=O) groups is 2. The van der Waals surface area contributed by atoms with Crippen LogP contribution in [0.15, 0.2) is 127 Å². The van der Waals surface area contributed by atoms with Crippen LogP contribution in [0, 0.1) is 0 Å². The van der Waals surface area contributed by atoms with Crippen molar-refractivity contribution in [2.24, 2.45) is 0 Å². The Morgan fingerprint density at radius 3 is 1.67 bits per heavy atom. The summed E-state index contributed by atoms with van der Waals surface area (Å²) in [5, 5.41) is 2.22. The molecule has 1 unspecified atom stereocenters. The van der Waals surface area contributed by atoms with Crippen LogP contribution in [0.4, 0.5) is 18.0 Å². The van der Waals surface area contributed by atoms with Gasteiger partial charge in [0.05, 0.1) is 6.42 Å². The Balaban J connectivity index is 1.14.